The lowest BCUT2D eigenvalue weighted by molar-refractivity contribution is -0.140. The van der Waals surface area contributed by atoms with Crippen LogP contribution in [0.15, 0.2) is 42.5 Å². The Hall–Kier alpha value is -3.47. The molecule has 0 saturated heterocycles. The second kappa shape index (κ2) is 12.0. The van der Waals surface area contributed by atoms with Crippen molar-refractivity contribution in [3.63, 3.8) is 0 Å². The average molecular weight is 520 g/mol. The van der Waals surface area contributed by atoms with Gasteiger partial charge in [0.15, 0.2) is 11.5 Å². The first-order valence-corrected chi connectivity index (χ1v) is 13.4. The van der Waals surface area contributed by atoms with Gasteiger partial charge < -0.3 is 24.4 Å². The van der Waals surface area contributed by atoms with Crippen LogP contribution in [0.4, 0.5) is 5.69 Å². The minimum absolute atomic E-state index is 0.0403. The van der Waals surface area contributed by atoms with E-state index in [1.54, 1.807) is 38.3 Å². The van der Waals surface area contributed by atoms with Gasteiger partial charge in [-0.3, -0.25) is 13.9 Å². The molecule has 0 saturated carbocycles. The van der Waals surface area contributed by atoms with E-state index < -0.39 is 28.5 Å². The summed E-state index contributed by atoms with van der Waals surface area (Å²) in [4.78, 5) is 28.0. The number of nitrogens with one attached hydrogen (secondary N) is 1. The molecule has 1 aliphatic rings. The number of likely N-dealkylation sites (N-methyl/N-ethyl adjacent to an activating group) is 1. The normalized spacial score (nSPS) is 13.1. The van der Waals surface area contributed by atoms with Gasteiger partial charge in [0.25, 0.3) is 0 Å². The lowest BCUT2D eigenvalue weighted by Crippen LogP contribution is -2.52. The van der Waals surface area contributed by atoms with Gasteiger partial charge in [-0.2, -0.15) is 0 Å². The molecule has 0 radical (unpaired) electrons. The molecule has 3 rings (SSSR count). The van der Waals surface area contributed by atoms with Crippen LogP contribution in [0.25, 0.3) is 0 Å². The smallest absolute Gasteiger partial charge is 0.244 e. The van der Waals surface area contributed by atoms with E-state index in [0.29, 0.717) is 30.2 Å². The van der Waals surface area contributed by atoms with Crippen LogP contribution in [0.1, 0.15) is 32.8 Å². The molecule has 0 unspecified atom stereocenters. The summed E-state index contributed by atoms with van der Waals surface area (Å²) in [7, 11) is -2.27. The molecule has 1 aliphatic heterocycles. The fourth-order valence-corrected chi connectivity index (χ4v) is 4.95. The van der Waals surface area contributed by atoms with E-state index in [-0.39, 0.29) is 30.7 Å². The molecule has 0 bridgehead atoms. The van der Waals surface area contributed by atoms with Gasteiger partial charge in [-0.15, -0.1) is 0 Å². The summed E-state index contributed by atoms with van der Waals surface area (Å²) in [6.07, 6.45) is 0.359. The minimum atomic E-state index is -3.83. The van der Waals surface area contributed by atoms with Crippen LogP contribution in [0.5, 0.6) is 17.2 Å². The third-order valence-electron chi connectivity index (χ3n) is 5.87. The van der Waals surface area contributed by atoms with Gasteiger partial charge in [0.05, 0.1) is 18.6 Å². The van der Waals surface area contributed by atoms with Crippen molar-refractivity contribution >= 4 is 27.5 Å². The summed E-state index contributed by atoms with van der Waals surface area (Å²) < 4.78 is 43.1. The van der Waals surface area contributed by atoms with Gasteiger partial charge in [-0.1, -0.05) is 19.1 Å². The fraction of sp³-hybridized carbons (Fsp3) is 0.440. The molecule has 0 fully saturated rings. The number of nitrogens with zero attached hydrogens (tertiary/aromatic N) is 2. The molecule has 2 amide bonds. The van der Waals surface area contributed by atoms with Crippen LogP contribution in [0, 0.1) is 0 Å². The van der Waals surface area contributed by atoms with Crippen molar-refractivity contribution in [2.45, 2.75) is 39.8 Å². The zero-order chi connectivity index (χ0) is 26.3. The number of benzene rings is 2. The van der Waals surface area contributed by atoms with Gasteiger partial charge in [0, 0.05) is 19.2 Å². The molecule has 36 heavy (non-hydrogen) atoms. The summed E-state index contributed by atoms with van der Waals surface area (Å²) in [6.45, 7) is 5.23. The Morgan fingerprint density at radius 3 is 2.36 bits per heavy atom. The molecule has 11 heteroatoms. The Balaban J connectivity index is 1.96. The lowest BCUT2D eigenvalue weighted by atomic mass is 10.1. The molecule has 0 aliphatic carbocycles. The first-order valence-electron chi connectivity index (χ1n) is 11.8. The first kappa shape index (κ1) is 27.1. The minimum Gasteiger partial charge on any atom is -0.497 e. The topological polar surface area (TPSA) is 114 Å². The Labute approximate surface area is 212 Å². The average Bonchev–Trinajstić information content (AvgIpc) is 3.35. The maximum absolute atomic E-state index is 13.7. The van der Waals surface area contributed by atoms with Crippen molar-refractivity contribution in [2.75, 3.05) is 37.1 Å². The third kappa shape index (κ3) is 6.20. The fourth-order valence-electron chi connectivity index (χ4n) is 3.90. The van der Waals surface area contributed by atoms with E-state index in [1.165, 1.54) is 17.9 Å². The maximum Gasteiger partial charge on any atom is 0.244 e. The predicted molar refractivity (Wildman–Crippen MR) is 136 cm³/mol. The van der Waals surface area contributed by atoms with Crippen LogP contribution >= 0.6 is 0 Å². The van der Waals surface area contributed by atoms with Crippen LogP contribution in [-0.4, -0.2) is 63.9 Å². The zero-order valence-electron chi connectivity index (χ0n) is 21.0. The third-order valence-corrected chi connectivity index (χ3v) is 7.61. The monoisotopic (exact) mass is 519 g/mol. The largest absolute Gasteiger partial charge is 0.497 e. The number of hydrogen-bond donors (Lipinski definition) is 1. The highest BCUT2D eigenvalue weighted by atomic mass is 32.2. The SMILES string of the molecule is CCNC(=O)[C@@H](CC)N(Cc1ccc(OC)cc1)C(=O)CN(c1ccc2c(c1)OCO2)S(=O)(=O)CC. The number of fused-ring (bicyclic) bond motifs is 1. The molecule has 0 spiro atoms. The second-order valence-corrected chi connectivity index (χ2v) is 10.3. The summed E-state index contributed by atoms with van der Waals surface area (Å²) >= 11 is 0. The summed E-state index contributed by atoms with van der Waals surface area (Å²) in [6, 6.07) is 11.1. The molecule has 1 heterocycles. The number of carbonyl (C=O) groups excluding carboxylic acids is 2. The van der Waals surface area contributed by atoms with Crippen molar-refractivity contribution in [1.29, 1.82) is 0 Å². The molecule has 1 N–H and O–H groups in total. The summed E-state index contributed by atoms with van der Waals surface area (Å²) in [5.41, 5.74) is 1.06. The van der Waals surface area contributed by atoms with Gasteiger partial charge in [-0.25, -0.2) is 8.42 Å². The van der Waals surface area contributed by atoms with Crippen molar-refractivity contribution in [3.05, 3.63) is 48.0 Å². The van der Waals surface area contributed by atoms with Gasteiger partial charge in [-0.05, 0) is 50.1 Å². The molecular weight excluding hydrogens is 486 g/mol. The van der Waals surface area contributed by atoms with E-state index in [9.17, 15) is 18.0 Å². The zero-order valence-corrected chi connectivity index (χ0v) is 21.8. The first-order chi connectivity index (χ1) is 17.2. The second-order valence-electron chi connectivity index (χ2n) is 8.13. The van der Waals surface area contributed by atoms with Crippen molar-refractivity contribution in [3.8, 4) is 17.2 Å². The van der Waals surface area contributed by atoms with E-state index in [2.05, 4.69) is 5.32 Å². The van der Waals surface area contributed by atoms with Crippen molar-refractivity contribution in [2.24, 2.45) is 0 Å². The number of sulfonamides is 1. The number of amides is 2. The molecular formula is C25H33N3O7S. The highest BCUT2D eigenvalue weighted by molar-refractivity contribution is 7.92. The van der Waals surface area contributed by atoms with E-state index in [1.807, 2.05) is 19.1 Å². The van der Waals surface area contributed by atoms with Crippen LogP contribution in [0.2, 0.25) is 0 Å². The highest BCUT2D eigenvalue weighted by Gasteiger charge is 2.32. The number of anilines is 1. The molecule has 10 nitrogen and oxygen atoms in total. The van der Waals surface area contributed by atoms with Crippen LogP contribution in [-0.2, 0) is 26.2 Å². The molecule has 2 aromatic rings. The molecule has 0 aromatic heterocycles. The standard InChI is InChI=1S/C25H33N3O7S/c1-5-21(25(30)26-6-2)27(15-18-8-11-20(33-4)12-9-18)24(29)16-28(36(31,32)7-3)19-10-13-22-23(14-19)35-17-34-22/h8-14,21H,5-7,15-17H2,1-4H3,(H,26,30)/t21-/m1/s1. The van der Waals surface area contributed by atoms with Crippen LogP contribution in [0.3, 0.4) is 0 Å². The Bertz CT molecular complexity index is 1170. The Morgan fingerprint density at radius 1 is 1.06 bits per heavy atom. The Kier molecular flexibility index (Phi) is 9.03. The maximum atomic E-state index is 13.7. The van der Waals surface area contributed by atoms with E-state index in [0.717, 1.165) is 9.87 Å². The van der Waals surface area contributed by atoms with Gasteiger partial charge >= 0.3 is 0 Å². The number of ether oxygens (including phenoxy) is 3. The molecule has 1 atom stereocenters. The summed E-state index contributed by atoms with van der Waals surface area (Å²) in [5.74, 6) is 0.562. The number of carbonyl (C=O) groups is 2. The van der Waals surface area contributed by atoms with Gasteiger partial charge in [0.1, 0.15) is 18.3 Å². The number of methoxy groups -OCH3 is 1. The van der Waals surface area contributed by atoms with Crippen LogP contribution < -0.4 is 23.8 Å². The van der Waals surface area contributed by atoms with E-state index >= 15 is 0 Å². The summed E-state index contributed by atoms with van der Waals surface area (Å²) in [5, 5.41) is 2.78. The van der Waals surface area contributed by atoms with Crippen molar-refractivity contribution < 1.29 is 32.2 Å². The molecule has 196 valence electrons. The lowest BCUT2D eigenvalue weighted by Gasteiger charge is -2.33. The van der Waals surface area contributed by atoms with Gasteiger partial charge in [0.2, 0.25) is 28.6 Å². The van der Waals surface area contributed by atoms with Crippen molar-refractivity contribution in [1.82, 2.24) is 10.2 Å². The quantitative estimate of drug-likeness (QED) is 0.458. The molecule has 2 aromatic carbocycles. The van der Waals surface area contributed by atoms with E-state index in [4.69, 9.17) is 14.2 Å². The Morgan fingerprint density at radius 2 is 1.75 bits per heavy atom. The highest BCUT2D eigenvalue weighted by Crippen LogP contribution is 2.36. The number of hydrogen-bond acceptors (Lipinski definition) is 7. The predicted octanol–water partition coefficient (Wildman–Crippen LogP) is 2.52. The number of rotatable bonds is 12.